The molecule has 1 N–H and O–H groups in total. The molecule has 5 rings (SSSR count). The van der Waals surface area contributed by atoms with Crippen molar-refractivity contribution in [1.29, 1.82) is 0 Å². The number of methoxy groups -OCH3 is 1. The van der Waals surface area contributed by atoms with Gasteiger partial charge in [-0.3, -0.25) is 14.6 Å². The molecule has 0 bridgehead atoms. The van der Waals surface area contributed by atoms with E-state index in [1.54, 1.807) is 36.3 Å². The Balaban J connectivity index is 1.33. The van der Waals surface area contributed by atoms with Crippen molar-refractivity contribution in [3.8, 4) is 28.5 Å². The van der Waals surface area contributed by atoms with E-state index in [0.29, 0.717) is 48.4 Å². The Bertz CT molecular complexity index is 1240. The number of pyridine rings is 1. The van der Waals surface area contributed by atoms with Crippen LogP contribution in [0.15, 0.2) is 42.7 Å². The zero-order chi connectivity index (χ0) is 25.1. The Morgan fingerprint density at radius 1 is 1.14 bits per heavy atom. The van der Waals surface area contributed by atoms with Crippen molar-refractivity contribution in [2.45, 2.75) is 57.2 Å². The van der Waals surface area contributed by atoms with Crippen LogP contribution in [0.1, 0.15) is 38.5 Å². The zero-order valence-electron chi connectivity index (χ0n) is 20.2. The summed E-state index contributed by atoms with van der Waals surface area (Å²) in [5.74, 6) is 1.75. The lowest BCUT2D eigenvalue weighted by atomic mass is 10.1. The van der Waals surface area contributed by atoms with Gasteiger partial charge in [-0.25, -0.2) is 9.67 Å². The number of carbonyl (C=O) groups is 2. The standard InChI is InChI=1S/C26H29ClN6O3/c1-36-22-8-6-18(16-20(22)27)25-30-24(17-10-12-28-13-11-17)31-32(25)15-14-29-26(35)21-7-9-23(34)33(21)19-4-2-3-5-19/h6,8,10-13,16,19,21H,2-5,7,9,14-15H2,1H3,(H,29,35)/t21-/m1/s1. The monoisotopic (exact) mass is 508 g/mol. The number of hydrogen-bond acceptors (Lipinski definition) is 6. The number of aromatic nitrogens is 4. The number of rotatable bonds is 8. The molecule has 1 atom stereocenters. The van der Waals surface area contributed by atoms with E-state index in [4.69, 9.17) is 26.4 Å². The minimum absolute atomic E-state index is 0.0963. The van der Waals surface area contributed by atoms with Gasteiger partial charge in [0, 0.05) is 42.5 Å². The highest BCUT2D eigenvalue weighted by Crippen LogP contribution is 2.32. The van der Waals surface area contributed by atoms with E-state index < -0.39 is 0 Å². The van der Waals surface area contributed by atoms with Gasteiger partial charge in [0.25, 0.3) is 0 Å². The summed E-state index contributed by atoms with van der Waals surface area (Å²) in [6.45, 7) is 0.769. The number of nitrogens with one attached hydrogen (secondary N) is 1. The molecule has 2 aliphatic rings. The molecular formula is C26H29ClN6O3. The second-order valence-corrected chi connectivity index (χ2v) is 9.56. The van der Waals surface area contributed by atoms with Gasteiger partial charge in [0.15, 0.2) is 11.6 Å². The first-order chi connectivity index (χ1) is 17.5. The van der Waals surface area contributed by atoms with Crippen molar-refractivity contribution in [1.82, 2.24) is 30.0 Å². The van der Waals surface area contributed by atoms with Crippen LogP contribution in [-0.2, 0) is 16.1 Å². The maximum Gasteiger partial charge on any atom is 0.242 e. The maximum atomic E-state index is 13.1. The van der Waals surface area contributed by atoms with E-state index in [1.807, 2.05) is 23.1 Å². The normalized spacial score (nSPS) is 18.1. The highest BCUT2D eigenvalue weighted by Gasteiger charge is 2.40. The molecule has 10 heteroatoms. The van der Waals surface area contributed by atoms with Gasteiger partial charge in [0.1, 0.15) is 11.8 Å². The minimum Gasteiger partial charge on any atom is -0.495 e. The summed E-state index contributed by atoms with van der Waals surface area (Å²) in [6.07, 6.45) is 8.61. The molecule has 3 heterocycles. The molecule has 3 aromatic rings. The lowest BCUT2D eigenvalue weighted by Crippen LogP contribution is -2.49. The Morgan fingerprint density at radius 2 is 1.92 bits per heavy atom. The summed E-state index contributed by atoms with van der Waals surface area (Å²) >= 11 is 6.37. The van der Waals surface area contributed by atoms with Crippen molar-refractivity contribution < 1.29 is 14.3 Å². The molecule has 1 aliphatic heterocycles. The van der Waals surface area contributed by atoms with Crippen molar-refractivity contribution >= 4 is 23.4 Å². The van der Waals surface area contributed by atoms with Crippen LogP contribution in [0, 0.1) is 0 Å². The molecule has 1 saturated carbocycles. The van der Waals surface area contributed by atoms with Crippen LogP contribution in [0.5, 0.6) is 5.75 Å². The average Bonchev–Trinajstić information content (AvgIpc) is 3.64. The van der Waals surface area contributed by atoms with Crippen molar-refractivity contribution in [3.63, 3.8) is 0 Å². The fourth-order valence-corrected chi connectivity index (χ4v) is 5.40. The van der Waals surface area contributed by atoms with Crippen molar-refractivity contribution in [2.24, 2.45) is 0 Å². The number of nitrogens with zero attached hydrogens (tertiary/aromatic N) is 5. The van der Waals surface area contributed by atoms with Crippen molar-refractivity contribution in [3.05, 3.63) is 47.7 Å². The zero-order valence-corrected chi connectivity index (χ0v) is 20.9. The lowest BCUT2D eigenvalue weighted by Gasteiger charge is -2.30. The molecule has 1 aliphatic carbocycles. The Morgan fingerprint density at radius 3 is 2.64 bits per heavy atom. The van der Waals surface area contributed by atoms with Gasteiger partial charge in [-0.1, -0.05) is 24.4 Å². The first-order valence-corrected chi connectivity index (χ1v) is 12.7. The van der Waals surface area contributed by atoms with Crippen LogP contribution in [0.3, 0.4) is 0 Å². The SMILES string of the molecule is COc1ccc(-c2nc(-c3ccncc3)nn2CCNC(=O)[C@H]2CCC(=O)N2C2CCCC2)cc1Cl. The maximum absolute atomic E-state index is 13.1. The van der Waals surface area contributed by atoms with Gasteiger partial charge in [-0.2, -0.15) is 5.10 Å². The summed E-state index contributed by atoms with van der Waals surface area (Å²) in [5.41, 5.74) is 1.62. The van der Waals surface area contributed by atoms with Gasteiger partial charge in [-0.15, -0.1) is 0 Å². The molecule has 0 radical (unpaired) electrons. The molecule has 2 amide bonds. The summed E-state index contributed by atoms with van der Waals surface area (Å²) in [6, 6.07) is 8.97. The van der Waals surface area contributed by atoms with Crippen LogP contribution in [0.25, 0.3) is 22.8 Å². The van der Waals surface area contributed by atoms with E-state index in [2.05, 4.69) is 10.3 Å². The minimum atomic E-state index is -0.386. The average molecular weight is 509 g/mol. The molecule has 36 heavy (non-hydrogen) atoms. The second-order valence-electron chi connectivity index (χ2n) is 9.15. The molecule has 2 fully saturated rings. The van der Waals surface area contributed by atoms with Crippen molar-refractivity contribution in [2.75, 3.05) is 13.7 Å². The van der Waals surface area contributed by atoms with Gasteiger partial charge in [0.2, 0.25) is 11.8 Å². The first-order valence-electron chi connectivity index (χ1n) is 12.3. The fourth-order valence-electron chi connectivity index (χ4n) is 5.14. The molecule has 1 saturated heterocycles. The third kappa shape index (κ3) is 4.93. The number of ether oxygens (including phenoxy) is 1. The van der Waals surface area contributed by atoms with Gasteiger partial charge in [0.05, 0.1) is 18.7 Å². The molecule has 2 aromatic heterocycles. The number of amides is 2. The van der Waals surface area contributed by atoms with E-state index in [1.165, 1.54) is 0 Å². The van der Waals surface area contributed by atoms with Crippen LogP contribution >= 0.6 is 11.6 Å². The third-order valence-electron chi connectivity index (χ3n) is 6.92. The van der Waals surface area contributed by atoms with Gasteiger partial charge in [-0.05, 0) is 49.6 Å². The van der Waals surface area contributed by atoms with Crippen LogP contribution in [-0.4, -0.2) is 62.2 Å². The smallest absolute Gasteiger partial charge is 0.242 e. The molecule has 0 unspecified atom stereocenters. The number of carbonyl (C=O) groups excluding carboxylic acids is 2. The summed E-state index contributed by atoms with van der Waals surface area (Å²) < 4.78 is 7.04. The number of benzene rings is 1. The molecular weight excluding hydrogens is 480 g/mol. The Kier molecular flexibility index (Phi) is 7.18. The highest BCUT2D eigenvalue weighted by molar-refractivity contribution is 6.32. The Hall–Kier alpha value is -3.46. The summed E-state index contributed by atoms with van der Waals surface area (Å²) in [5, 5.41) is 8.20. The molecule has 1 aromatic carbocycles. The summed E-state index contributed by atoms with van der Waals surface area (Å²) in [7, 11) is 1.57. The molecule has 9 nitrogen and oxygen atoms in total. The second kappa shape index (κ2) is 10.7. The largest absolute Gasteiger partial charge is 0.495 e. The van der Waals surface area contributed by atoms with Gasteiger partial charge >= 0.3 is 0 Å². The fraction of sp³-hybridized carbons (Fsp3) is 0.423. The first kappa shape index (κ1) is 24.2. The van der Waals surface area contributed by atoms with Crippen LogP contribution < -0.4 is 10.1 Å². The lowest BCUT2D eigenvalue weighted by molar-refractivity contribution is -0.137. The Labute approximate surface area is 214 Å². The van der Waals surface area contributed by atoms with Gasteiger partial charge < -0.3 is 15.0 Å². The molecule has 0 spiro atoms. The quantitative estimate of drug-likeness (QED) is 0.497. The van der Waals surface area contributed by atoms with E-state index in [0.717, 1.165) is 36.8 Å². The summed E-state index contributed by atoms with van der Waals surface area (Å²) in [4.78, 5) is 36.2. The number of hydrogen-bond donors (Lipinski definition) is 1. The van der Waals surface area contributed by atoms with E-state index in [-0.39, 0.29) is 23.9 Å². The predicted octanol–water partition coefficient (Wildman–Crippen LogP) is 3.72. The van der Waals surface area contributed by atoms with E-state index in [9.17, 15) is 9.59 Å². The topological polar surface area (TPSA) is 102 Å². The molecule has 188 valence electrons. The number of halogens is 1. The third-order valence-corrected chi connectivity index (χ3v) is 7.21. The van der Waals surface area contributed by atoms with Crippen LogP contribution in [0.4, 0.5) is 0 Å². The van der Waals surface area contributed by atoms with E-state index >= 15 is 0 Å². The number of likely N-dealkylation sites (tertiary alicyclic amines) is 1. The van der Waals surface area contributed by atoms with Crippen LogP contribution in [0.2, 0.25) is 5.02 Å². The predicted molar refractivity (Wildman–Crippen MR) is 135 cm³/mol. The highest BCUT2D eigenvalue weighted by atomic mass is 35.5.